The van der Waals surface area contributed by atoms with Gasteiger partial charge in [0.1, 0.15) is 0 Å². The van der Waals surface area contributed by atoms with Crippen molar-refractivity contribution in [3.05, 3.63) is 135 Å². The van der Waals surface area contributed by atoms with E-state index >= 15 is 0 Å². The zero-order valence-corrected chi connectivity index (χ0v) is 22.4. The number of rotatable bonds is 7. The molecule has 5 heteroatoms. The molecule has 190 valence electrons. The predicted molar refractivity (Wildman–Crippen MR) is 156 cm³/mol. The van der Waals surface area contributed by atoms with Crippen LogP contribution in [-0.2, 0) is 17.8 Å². The van der Waals surface area contributed by atoms with Crippen LogP contribution in [0.3, 0.4) is 0 Å². The maximum atomic E-state index is 13.7. The molecule has 0 aromatic heterocycles. The molecule has 1 N–H and O–H groups in total. The van der Waals surface area contributed by atoms with Gasteiger partial charge in [-0.25, -0.2) is 0 Å². The molecular formula is C33H30N2O2S. The molecule has 4 aromatic rings. The van der Waals surface area contributed by atoms with Crippen LogP contribution in [0.2, 0.25) is 0 Å². The van der Waals surface area contributed by atoms with Crippen molar-refractivity contribution in [3.8, 4) is 0 Å². The Balaban J connectivity index is 1.32. The van der Waals surface area contributed by atoms with E-state index in [4.69, 9.17) is 0 Å². The summed E-state index contributed by atoms with van der Waals surface area (Å²) in [6.07, 6.45) is 2.70. The number of hydrogen-bond acceptors (Lipinski definition) is 3. The van der Waals surface area contributed by atoms with Gasteiger partial charge >= 0.3 is 0 Å². The van der Waals surface area contributed by atoms with Crippen molar-refractivity contribution in [2.24, 2.45) is 0 Å². The van der Waals surface area contributed by atoms with Crippen molar-refractivity contribution in [1.82, 2.24) is 5.32 Å². The highest BCUT2D eigenvalue weighted by atomic mass is 32.2. The molecule has 0 bridgehead atoms. The maximum Gasteiger partial charge on any atom is 0.265 e. The molecule has 0 unspecified atom stereocenters. The van der Waals surface area contributed by atoms with Crippen molar-refractivity contribution in [3.63, 3.8) is 0 Å². The first-order valence-electron chi connectivity index (χ1n) is 12.8. The highest BCUT2D eigenvalue weighted by molar-refractivity contribution is 8.04. The molecule has 0 saturated heterocycles. The number of anilines is 1. The van der Waals surface area contributed by atoms with E-state index in [0.29, 0.717) is 23.6 Å². The van der Waals surface area contributed by atoms with Crippen LogP contribution >= 0.6 is 11.8 Å². The summed E-state index contributed by atoms with van der Waals surface area (Å²) in [4.78, 5) is 29.9. The molecule has 1 heterocycles. The highest BCUT2D eigenvalue weighted by Crippen LogP contribution is 2.42. The molecule has 0 atom stereocenters. The van der Waals surface area contributed by atoms with Crippen molar-refractivity contribution < 1.29 is 9.59 Å². The molecular weight excluding hydrogens is 488 g/mol. The Morgan fingerprint density at radius 1 is 0.895 bits per heavy atom. The predicted octanol–water partition coefficient (Wildman–Crippen LogP) is 6.96. The van der Waals surface area contributed by atoms with Crippen molar-refractivity contribution >= 4 is 35.3 Å². The van der Waals surface area contributed by atoms with Gasteiger partial charge < -0.3 is 10.2 Å². The fourth-order valence-corrected chi connectivity index (χ4v) is 5.57. The molecule has 2 amide bonds. The Kier molecular flexibility index (Phi) is 7.75. The van der Waals surface area contributed by atoms with Gasteiger partial charge in [0.25, 0.3) is 11.8 Å². The van der Waals surface area contributed by atoms with Crippen LogP contribution in [0.4, 0.5) is 5.69 Å². The first-order valence-corrected chi connectivity index (χ1v) is 13.6. The number of nitrogens with one attached hydrogen (secondary N) is 1. The third kappa shape index (κ3) is 5.90. The number of amides is 2. The first-order chi connectivity index (χ1) is 18.5. The average molecular weight is 519 g/mol. The van der Waals surface area contributed by atoms with E-state index in [1.54, 1.807) is 0 Å². The van der Waals surface area contributed by atoms with Gasteiger partial charge in [0, 0.05) is 17.0 Å². The molecule has 0 radical (unpaired) electrons. The van der Waals surface area contributed by atoms with Gasteiger partial charge in [-0.05, 0) is 72.9 Å². The minimum Gasteiger partial charge on any atom is -0.352 e. The highest BCUT2D eigenvalue weighted by Gasteiger charge is 2.29. The second-order valence-corrected chi connectivity index (χ2v) is 10.6. The lowest BCUT2D eigenvalue weighted by atomic mass is 10.0. The molecule has 0 saturated carbocycles. The van der Waals surface area contributed by atoms with Crippen LogP contribution in [0.1, 0.15) is 38.2 Å². The van der Waals surface area contributed by atoms with Gasteiger partial charge in [-0.15, -0.1) is 0 Å². The Labute approximate surface area is 228 Å². The van der Waals surface area contributed by atoms with Gasteiger partial charge in [-0.2, -0.15) is 0 Å². The van der Waals surface area contributed by atoms with E-state index in [1.807, 2.05) is 71.6 Å². The SMILES string of the molecule is Cc1ccc(C)c(CN2C(=O)/C(=C\c3ccc(C(=O)NCCc4ccccc4)cc3)Sc3ccccc32)c1. The summed E-state index contributed by atoms with van der Waals surface area (Å²) in [6.45, 7) is 5.25. The number of para-hydroxylation sites is 1. The van der Waals surface area contributed by atoms with Crippen molar-refractivity contribution in [2.75, 3.05) is 11.4 Å². The molecule has 1 aliphatic rings. The molecule has 5 rings (SSSR count). The lowest BCUT2D eigenvalue weighted by Crippen LogP contribution is -2.34. The molecule has 1 aliphatic heterocycles. The zero-order chi connectivity index (χ0) is 26.5. The molecule has 0 fully saturated rings. The second kappa shape index (κ2) is 11.5. The number of carbonyl (C=O) groups is 2. The normalized spacial score (nSPS) is 13.9. The summed E-state index contributed by atoms with van der Waals surface area (Å²) in [6, 6.07) is 31.9. The second-order valence-electron chi connectivity index (χ2n) is 9.51. The summed E-state index contributed by atoms with van der Waals surface area (Å²) in [5.41, 5.74) is 7.10. The smallest absolute Gasteiger partial charge is 0.265 e. The van der Waals surface area contributed by atoms with E-state index in [9.17, 15) is 9.59 Å². The molecule has 4 nitrogen and oxygen atoms in total. The third-order valence-corrected chi connectivity index (χ3v) is 7.76. The quantitative estimate of drug-likeness (QED) is 0.269. The monoisotopic (exact) mass is 518 g/mol. The van der Waals surface area contributed by atoms with E-state index in [2.05, 4.69) is 55.6 Å². The summed E-state index contributed by atoms with van der Waals surface area (Å²) in [5, 5.41) is 2.98. The van der Waals surface area contributed by atoms with Gasteiger partial charge in [0.2, 0.25) is 0 Å². The molecule has 0 spiro atoms. The number of benzene rings is 4. The summed E-state index contributed by atoms with van der Waals surface area (Å²) in [5.74, 6) is -0.116. The van der Waals surface area contributed by atoms with Crippen molar-refractivity contribution in [2.45, 2.75) is 31.7 Å². The first kappa shape index (κ1) is 25.6. The van der Waals surface area contributed by atoms with Gasteiger partial charge in [0.15, 0.2) is 0 Å². The van der Waals surface area contributed by atoms with E-state index < -0.39 is 0 Å². The summed E-state index contributed by atoms with van der Waals surface area (Å²) < 4.78 is 0. The minimum absolute atomic E-state index is 0.0164. The van der Waals surface area contributed by atoms with E-state index in [0.717, 1.165) is 28.1 Å². The van der Waals surface area contributed by atoms with Crippen LogP contribution < -0.4 is 10.2 Å². The standard InChI is InChI=1S/C33H30N2O2S/c1-23-12-13-24(2)28(20-23)22-35-29-10-6-7-11-30(29)38-31(33(35)37)21-26-14-16-27(17-15-26)32(36)34-19-18-25-8-4-3-5-9-25/h3-17,20-21H,18-19,22H2,1-2H3,(H,34,36)/b31-21+. The molecule has 38 heavy (non-hydrogen) atoms. The van der Waals surface area contributed by atoms with Crippen LogP contribution in [0.5, 0.6) is 0 Å². The number of aryl methyl sites for hydroxylation is 2. The van der Waals surface area contributed by atoms with Gasteiger partial charge in [-0.1, -0.05) is 90.1 Å². The van der Waals surface area contributed by atoms with Crippen molar-refractivity contribution in [1.29, 1.82) is 0 Å². The minimum atomic E-state index is -0.100. The fourth-order valence-electron chi connectivity index (χ4n) is 4.51. The lowest BCUT2D eigenvalue weighted by Gasteiger charge is -2.31. The topological polar surface area (TPSA) is 49.4 Å². The fraction of sp³-hybridized carbons (Fsp3) is 0.152. The van der Waals surface area contributed by atoms with Crippen LogP contribution in [-0.4, -0.2) is 18.4 Å². The average Bonchev–Trinajstić information content (AvgIpc) is 2.94. The Morgan fingerprint density at radius 2 is 1.63 bits per heavy atom. The largest absolute Gasteiger partial charge is 0.352 e. The number of thioether (sulfide) groups is 1. The summed E-state index contributed by atoms with van der Waals surface area (Å²) >= 11 is 1.49. The van der Waals surface area contributed by atoms with Crippen LogP contribution in [0.15, 0.2) is 107 Å². The molecule has 0 aliphatic carbocycles. The Morgan fingerprint density at radius 3 is 2.42 bits per heavy atom. The van der Waals surface area contributed by atoms with Crippen LogP contribution in [0.25, 0.3) is 6.08 Å². The maximum absolute atomic E-state index is 13.7. The Hall–Kier alpha value is -4.09. The van der Waals surface area contributed by atoms with E-state index in [-0.39, 0.29) is 11.8 Å². The number of carbonyl (C=O) groups excluding carboxylic acids is 2. The number of hydrogen-bond donors (Lipinski definition) is 1. The lowest BCUT2D eigenvalue weighted by molar-refractivity contribution is -0.114. The van der Waals surface area contributed by atoms with E-state index in [1.165, 1.54) is 28.5 Å². The zero-order valence-electron chi connectivity index (χ0n) is 21.6. The Bertz CT molecular complexity index is 1490. The third-order valence-electron chi connectivity index (χ3n) is 6.68. The van der Waals surface area contributed by atoms with Gasteiger partial charge in [0.05, 0.1) is 17.1 Å². The van der Waals surface area contributed by atoms with Gasteiger partial charge in [-0.3, -0.25) is 9.59 Å². The number of fused-ring (bicyclic) bond motifs is 1. The number of nitrogens with zero attached hydrogens (tertiary/aromatic N) is 1. The van der Waals surface area contributed by atoms with Crippen LogP contribution in [0, 0.1) is 13.8 Å². The summed E-state index contributed by atoms with van der Waals surface area (Å²) in [7, 11) is 0. The molecule has 4 aromatic carbocycles.